The second-order valence-electron chi connectivity index (χ2n) is 7.31. The van der Waals surface area contributed by atoms with E-state index >= 15 is 0 Å². The lowest BCUT2D eigenvalue weighted by atomic mass is 9.95. The molecule has 0 unspecified atom stereocenters. The lowest BCUT2D eigenvalue weighted by Crippen LogP contribution is -2.21. The number of nitrogens with one attached hydrogen (secondary N) is 1. The first-order valence-corrected chi connectivity index (χ1v) is 10.6. The zero-order valence-electron chi connectivity index (χ0n) is 16.6. The van der Waals surface area contributed by atoms with E-state index in [1.807, 2.05) is 6.92 Å². The highest BCUT2D eigenvalue weighted by molar-refractivity contribution is 7.99. The van der Waals surface area contributed by atoms with E-state index in [0.29, 0.717) is 17.3 Å². The molecule has 1 aromatic carbocycles. The summed E-state index contributed by atoms with van der Waals surface area (Å²) in [6.07, 6.45) is 6.06. The molecule has 1 aliphatic carbocycles. The molecular weight excluding hydrogens is 374 g/mol. The van der Waals surface area contributed by atoms with Crippen molar-refractivity contribution in [1.82, 2.24) is 19.7 Å². The number of benzene rings is 1. The summed E-state index contributed by atoms with van der Waals surface area (Å²) in [7, 11) is 3.42. The molecule has 0 radical (unpaired) electrons. The molecule has 0 bridgehead atoms. The van der Waals surface area contributed by atoms with E-state index in [9.17, 15) is 9.59 Å². The van der Waals surface area contributed by atoms with Crippen LogP contribution in [0.25, 0.3) is 0 Å². The molecule has 1 N–H and O–H groups in total. The third-order valence-electron chi connectivity index (χ3n) is 4.93. The van der Waals surface area contributed by atoms with E-state index in [0.717, 1.165) is 23.8 Å². The number of hydrogen-bond donors (Lipinski definition) is 1. The van der Waals surface area contributed by atoms with Gasteiger partial charge in [0.2, 0.25) is 5.91 Å². The molecule has 1 fully saturated rings. The number of anilines is 1. The van der Waals surface area contributed by atoms with Gasteiger partial charge in [-0.2, -0.15) is 0 Å². The normalized spacial score (nSPS) is 14.7. The minimum absolute atomic E-state index is 0.0640. The first-order valence-electron chi connectivity index (χ1n) is 9.61. The van der Waals surface area contributed by atoms with Gasteiger partial charge in [-0.15, -0.1) is 10.2 Å². The van der Waals surface area contributed by atoms with Crippen LogP contribution in [0.15, 0.2) is 29.4 Å². The van der Waals surface area contributed by atoms with Crippen LogP contribution in [0.2, 0.25) is 0 Å². The number of aromatic nitrogens is 3. The lowest BCUT2D eigenvalue weighted by molar-refractivity contribution is -0.113. The molecule has 0 aliphatic heterocycles. The summed E-state index contributed by atoms with van der Waals surface area (Å²) in [5.41, 5.74) is 1.26. The van der Waals surface area contributed by atoms with Crippen molar-refractivity contribution in [2.75, 3.05) is 25.2 Å². The van der Waals surface area contributed by atoms with E-state index in [2.05, 4.69) is 20.1 Å². The summed E-state index contributed by atoms with van der Waals surface area (Å²) in [5, 5.41) is 12.2. The highest BCUT2D eigenvalue weighted by Gasteiger charge is 2.21. The van der Waals surface area contributed by atoms with Crippen LogP contribution in [0, 0.1) is 6.92 Å². The predicted octanol–water partition coefficient (Wildman–Crippen LogP) is 3.52. The first kappa shape index (κ1) is 20.4. The summed E-state index contributed by atoms with van der Waals surface area (Å²) in [4.78, 5) is 25.8. The van der Waals surface area contributed by atoms with Crippen LogP contribution in [0.5, 0.6) is 0 Å². The molecule has 7 nitrogen and oxygen atoms in total. The van der Waals surface area contributed by atoms with Gasteiger partial charge >= 0.3 is 0 Å². The highest BCUT2D eigenvalue weighted by Crippen LogP contribution is 2.32. The average Bonchev–Trinajstić information content (AvgIpc) is 3.07. The SMILES string of the molecule is Cc1nnc(SCC(=O)Nc2ccc(C(=O)N(C)C)cc2)n1C1CCCCC1. The molecule has 1 aliphatic rings. The average molecular weight is 402 g/mol. The number of nitrogens with zero attached hydrogens (tertiary/aromatic N) is 4. The van der Waals surface area contributed by atoms with Gasteiger partial charge in [0.25, 0.3) is 5.91 Å². The van der Waals surface area contributed by atoms with Gasteiger partial charge in [-0.05, 0) is 44.0 Å². The molecule has 3 rings (SSSR count). The van der Waals surface area contributed by atoms with Gasteiger partial charge in [-0.3, -0.25) is 9.59 Å². The van der Waals surface area contributed by atoms with Gasteiger partial charge in [0.05, 0.1) is 5.75 Å². The number of amides is 2. The van der Waals surface area contributed by atoms with Crippen LogP contribution < -0.4 is 5.32 Å². The number of carbonyl (C=O) groups excluding carboxylic acids is 2. The molecular formula is C20H27N5O2S. The molecule has 0 spiro atoms. The Bertz CT molecular complexity index is 826. The van der Waals surface area contributed by atoms with Crippen LogP contribution in [0.1, 0.15) is 54.3 Å². The van der Waals surface area contributed by atoms with Crippen molar-refractivity contribution in [3.05, 3.63) is 35.7 Å². The summed E-state index contributed by atoms with van der Waals surface area (Å²) in [5.74, 6) is 1.01. The van der Waals surface area contributed by atoms with Gasteiger partial charge in [0, 0.05) is 31.4 Å². The Morgan fingerprint density at radius 2 is 1.82 bits per heavy atom. The number of thioether (sulfide) groups is 1. The molecule has 28 heavy (non-hydrogen) atoms. The van der Waals surface area contributed by atoms with Crippen LogP contribution in [-0.4, -0.2) is 51.3 Å². The van der Waals surface area contributed by atoms with Crippen LogP contribution in [-0.2, 0) is 4.79 Å². The quantitative estimate of drug-likeness (QED) is 0.749. The van der Waals surface area contributed by atoms with E-state index in [4.69, 9.17) is 0 Å². The molecule has 0 saturated heterocycles. The van der Waals surface area contributed by atoms with Crippen molar-refractivity contribution in [2.24, 2.45) is 0 Å². The molecule has 8 heteroatoms. The topological polar surface area (TPSA) is 80.1 Å². The third-order valence-corrected chi connectivity index (χ3v) is 5.87. The Morgan fingerprint density at radius 1 is 1.14 bits per heavy atom. The standard InChI is InChI=1S/C20H27N5O2S/c1-14-22-23-20(25(14)17-7-5-4-6-8-17)28-13-18(26)21-16-11-9-15(10-12-16)19(27)24(2)3/h9-12,17H,4-8,13H2,1-3H3,(H,21,26). The van der Waals surface area contributed by atoms with Gasteiger partial charge in [0.15, 0.2) is 5.16 Å². The van der Waals surface area contributed by atoms with Crippen molar-refractivity contribution in [2.45, 2.75) is 50.2 Å². The fourth-order valence-corrected chi connectivity index (χ4v) is 4.34. The number of aryl methyl sites for hydroxylation is 1. The second-order valence-corrected chi connectivity index (χ2v) is 8.25. The maximum atomic E-state index is 12.3. The van der Waals surface area contributed by atoms with Gasteiger partial charge in [-0.25, -0.2) is 0 Å². The zero-order chi connectivity index (χ0) is 20.1. The minimum atomic E-state index is -0.104. The maximum Gasteiger partial charge on any atom is 0.253 e. The molecule has 1 saturated carbocycles. The van der Waals surface area contributed by atoms with E-state index < -0.39 is 0 Å². The first-order chi connectivity index (χ1) is 13.5. The molecule has 1 heterocycles. The number of hydrogen-bond acceptors (Lipinski definition) is 5. The second kappa shape index (κ2) is 9.23. The monoisotopic (exact) mass is 401 g/mol. The fourth-order valence-electron chi connectivity index (χ4n) is 3.49. The third kappa shape index (κ3) is 4.92. The van der Waals surface area contributed by atoms with Crippen LogP contribution in [0.4, 0.5) is 5.69 Å². The molecule has 2 aromatic rings. The minimum Gasteiger partial charge on any atom is -0.345 e. The van der Waals surface area contributed by atoms with Crippen molar-refractivity contribution < 1.29 is 9.59 Å². The van der Waals surface area contributed by atoms with Crippen molar-refractivity contribution in [3.63, 3.8) is 0 Å². The maximum absolute atomic E-state index is 12.3. The zero-order valence-corrected chi connectivity index (χ0v) is 17.5. The Morgan fingerprint density at radius 3 is 2.46 bits per heavy atom. The van der Waals surface area contributed by atoms with Gasteiger partial charge in [-0.1, -0.05) is 31.0 Å². The molecule has 1 aromatic heterocycles. The lowest BCUT2D eigenvalue weighted by Gasteiger charge is -2.24. The summed E-state index contributed by atoms with van der Waals surface area (Å²) < 4.78 is 2.19. The van der Waals surface area contributed by atoms with Crippen molar-refractivity contribution >= 4 is 29.3 Å². The Labute approximate surface area is 169 Å². The van der Waals surface area contributed by atoms with E-state index in [-0.39, 0.29) is 17.6 Å². The van der Waals surface area contributed by atoms with Crippen LogP contribution in [0.3, 0.4) is 0 Å². The van der Waals surface area contributed by atoms with Gasteiger partial charge < -0.3 is 14.8 Å². The summed E-state index contributed by atoms with van der Waals surface area (Å²) >= 11 is 1.42. The van der Waals surface area contributed by atoms with Crippen molar-refractivity contribution in [3.8, 4) is 0 Å². The Balaban J connectivity index is 1.57. The summed E-state index contributed by atoms with van der Waals surface area (Å²) in [6, 6.07) is 7.36. The number of carbonyl (C=O) groups is 2. The van der Waals surface area contributed by atoms with E-state index in [1.54, 1.807) is 38.4 Å². The largest absolute Gasteiger partial charge is 0.345 e. The number of rotatable bonds is 6. The smallest absolute Gasteiger partial charge is 0.253 e. The Kier molecular flexibility index (Phi) is 6.72. The van der Waals surface area contributed by atoms with Gasteiger partial charge in [0.1, 0.15) is 5.82 Å². The van der Waals surface area contributed by atoms with E-state index in [1.165, 1.54) is 35.9 Å². The molecule has 0 atom stereocenters. The van der Waals surface area contributed by atoms with Crippen molar-refractivity contribution in [1.29, 1.82) is 0 Å². The Hall–Kier alpha value is -2.35. The molecule has 2 amide bonds. The highest BCUT2D eigenvalue weighted by atomic mass is 32.2. The fraction of sp³-hybridized carbons (Fsp3) is 0.500. The summed E-state index contributed by atoms with van der Waals surface area (Å²) in [6.45, 7) is 1.97. The molecule has 150 valence electrons. The van der Waals surface area contributed by atoms with Crippen LogP contribution >= 0.6 is 11.8 Å². The predicted molar refractivity (Wildman–Crippen MR) is 111 cm³/mol.